The summed E-state index contributed by atoms with van der Waals surface area (Å²) in [5.74, 6) is 1.05. The second-order valence-corrected chi connectivity index (χ2v) is 5.19. The van der Waals surface area contributed by atoms with Crippen LogP contribution in [0.1, 0.15) is 46.0 Å². The summed E-state index contributed by atoms with van der Waals surface area (Å²) >= 11 is 0. The molecule has 2 heterocycles. The first-order chi connectivity index (χ1) is 8.81. The molecule has 3 nitrogen and oxygen atoms in total. The fourth-order valence-corrected chi connectivity index (χ4v) is 2.53. The SMILES string of the molecule is CCCC1=CC(=NC2CCNC2)NC=C(CC)C1. The molecule has 1 fully saturated rings. The van der Waals surface area contributed by atoms with Crippen molar-refractivity contribution in [3.63, 3.8) is 0 Å². The Hall–Kier alpha value is -1.09. The Morgan fingerprint density at radius 2 is 2.22 bits per heavy atom. The van der Waals surface area contributed by atoms with Gasteiger partial charge in [-0.05, 0) is 38.3 Å². The zero-order valence-corrected chi connectivity index (χ0v) is 11.6. The second-order valence-electron chi connectivity index (χ2n) is 5.19. The molecular formula is C15H25N3. The van der Waals surface area contributed by atoms with Crippen molar-refractivity contribution in [1.29, 1.82) is 0 Å². The van der Waals surface area contributed by atoms with Crippen LogP contribution in [0.4, 0.5) is 0 Å². The number of rotatable bonds is 4. The summed E-state index contributed by atoms with van der Waals surface area (Å²) in [6.07, 6.45) is 10.2. The third kappa shape index (κ3) is 3.70. The summed E-state index contributed by atoms with van der Waals surface area (Å²) in [6, 6.07) is 0.447. The first-order valence-electron chi connectivity index (χ1n) is 7.24. The number of allylic oxidation sites excluding steroid dienone is 2. The first kappa shape index (κ1) is 13.3. The van der Waals surface area contributed by atoms with Crippen LogP contribution in [0, 0.1) is 0 Å². The molecule has 0 radical (unpaired) electrons. The van der Waals surface area contributed by atoms with Gasteiger partial charge in [-0.15, -0.1) is 0 Å². The lowest BCUT2D eigenvalue weighted by Crippen LogP contribution is -2.20. The molecule has 0 aliphatic carbocycles. The Bertz CT molecular complexity index is 360. The van der Waals surface area contributed by atoms with E-state index in [1.807, 2.05) is 0 Å². The van der Waals surface area contributed by atoms with Gasteiger partial charge in [0.2, 0.25) is 0 Å². The van der Waals surface area contributed by atoms with Crippen molar-refractivity contribution in [2.45, 2.75) is 52.0 Å². The third-order valence-electron chi connectivity index (χ3n) is 3.60. The number of hydrogen-bond donors (Lipinski definition) is 2. The van der Waals surface area contributed by atoms with Gasteiger partial charge in [-0.25, -0.2) is 0 Å². The summed E-state index contributed by atoms with van der Waals surface area (Å²) in [5, 5.41) is 6.74. The lowest BCUT2D eigenvalue weighted by atomic mass is 10.0. The van der Waals surface area contributed by atoms with E-state index in [0.717, 1.165) is 38.2 Å². The normalized spacial score (nSPS) is 26.6. The molecule has 2 aliphatic rings. The van der Waals surface area contributed by atoms with Crippen LogP contribution in [0.15, 0.2) is 28.4 Å². The van der Waals surface area contributed by atoms with E-state index in [1.54, 1.807) is 0 Å². The van der Waals surface area contributed by atoms with Crippen LogP contribution in [-0.4, -0.2) is 25.0 Å². The van der Waals surface area contributed by atoms with Crippen molar-refractivity contribution >= 4 is 5.84 Å². The Morgan fingerprint density at radius 1 is 1.33 bits per heavy atom. The van der Waals surface area contributed by atoms with E-state index in [2.05, 4.69) is 36.8 Å². The highest BCUT2D eigenvalue weighted by atomic mass is 15.0. The first-order valence-corrected chi connectivity index (χ1v) is 7.24. The lowest BCUT2D eigenvalue weighted by Gasteiger charge is -2.06. The number of hydrogen-bond acceptors (Lipinski definition) is 2. The van der Waals surface area contributed by atoms with Crippen LogP contribution < -0.4 is 10.6 Å². The summed E-state index contributed by atoms with van der Waals surface area (Å²) in [6.45, 7) is 6.59. The van der Waals surface area contributed by atoms with Gasteiger partial charge in [-0.1, -0.05) is 31.4 Å². The summed E-state index contributed by atoms with van der Waals surface area (Å²) in [4.78, 5) is 4.82. The van der Waals surface area contributed by atoms with Crippen molar-refractivity contribution < 1.29 is 0 Å². The van der Waals surface area contributed by atoms with E-state index in [9.17, 15) is 0 Å². The highest BCUT2D eigenvalue weighted by Gasteiger charge is 2.14. The molecule has 2 aliphatic heterocycles. The van der Waals surface area contributed by atoms with Crippen LogP contribution in [0.5, 0.6) is 0 Å². The topological polar surface area (TPSA) is 36.4 Å². The Balaban J connectivity index is 2.12. The Morgan fingerprint density at radius 3 is 2.89 bits per heavy atom. The standard InChI is InChI=1S/C15H25N3/c1-3-5-13-8-12(4-2)10-17-15(9-13)18-14-6-7-16-11-14/h9-10,14,16H,3-8,11H2,1-2H3,(H,17,18). The van der Waals surface area contributed by atoms with Crippen LogP contribution in [-0.2, 0) is 0 Å². The maximum absolute atomic E-state index is 4.82. The predicted molar refractivity (Wildman–Crippen MR) is 77.8 cm³/mol. The molecule has 0 aromatic rings. The maximum Gasteiger partial charge on any atom is 0.125 e. The highest BCUT2D eigenvalue weighted by molar-refractivity contribution is 5.94. The van der Waals surface area contributed by atoms with Crippen molar-refractivity contribution in [3.8, 4) is 0 Å². The number of amidine groups is 1. The van der Waals surface area contributed by atoms with E-state index in [1.165, 1.54) is 24.0 Å². The highest BCUT2D eigenvalue weighted by Crippen LogP contribution is 2.20. The molecule has 1 saturated heterocycles. The molecule has 0 bridgehead atoms. The fraction of sp³-hybridized carbons (Fsp3) is 0.667. The quantitative estimate of drug-likeness (QED) is 0.801. The smallest absolute Gasteiger partial charge is 0.125 e. The zero-order chi connectivity index (χ0) is 12.8. The fourth-order valence-electron chi connectivity index (χ4n) is 2.53. The van der Waals surface area contributed by atoms with E-state index in [-0.39, 0.29) is 0 Å². The van der Waals surface area contributed by atoms with Crippen LogP contribution in [0.25, 0.3) is 0 Å². The van der Waals surface area contributed by atoms with Gasteiger partial charge < -0.3 is 10.6 Å². The van der Waals surface area contributed by atoms with Crippen molar-refractivity contribution in [2.75, 3.05) is 13.1 Å². The molecule has 2 rings (SSSR count). The monoisotopic (exact) mass is 247 g/mol. The van der Waals surface area contributed by atoms with Gasteiger partial charge in [0, 0.05) is 12.7 Å². The van der Waals surface area contributed by atoms with E-state index >= 15 is 0 Å². The average molecular weight is 247 g/mol. The molecule has 1 atom stereocenters. The van der Waals surface area contributed by atoms with Gasteiger partial charge in [0.15, 0.2) is 0 Å². The molecule has 0 aromatic heterocycles. The summed E-state index contributed by atoms with van der Waals surface area (Å²) in [7, 11) is 0. The molecule has 100 valence electrons. The molecule has 0 aromatic carbocycles. The van der Waals surface area contributed by atoms with Gasteiger partial charge >= 0.3 is 0 Å². The Kier molecular flexibility index (Phi) is 5.00. The molecule has 2 N–H and O–H groups in total. The molecule has 0 spiro atoms. The maximum atomic E-state index is 4.82. The molecule has 18 heavy (non-hydrogen) atoms. The molecular weight excluding hydrogens is 222 g/mol. The van der Waals surface area contributed by atoms with Gasteiger partial charge in [-0.2, -0.15) is 0 Å². The number of nitrogens with one attached hydrogen (secondary N) is 2. The van der Waals surface area contributed by atoms with Crippen LogP contribution in [0.2, 0.25) is 0 Å². The zero-order valence-electron chi connectivity index (χ0n) is 11.6. The van der Waals surface area contributed by atoms with Crippen molar-refractivity contribution in [3.05, 3.63) is 23.4 Å². The Labute approximate surface area is 110 Å². The van der Waals surface area contributed by atoms with Gasteiger partial charge in [-0.3, -0.25) is 4.99 Å². The van der Waals surface area contributed by atoms with E-state index in [0.29, 0.717) is 6.04 Å². The summed E-state index contributed by atoms with van der Waals surface area (Å²) < 4.78 is 0. The minimum atomic E-state index is 0.447. The lowest BCUT2D eigenvalue weighted by molar-refractivity contribution is 0.741. The third-order valence-corrected chi connectivity index (χ3v) is 3.60. The van der Waals surface area contributed by atoms with Crippen LogP contribution in [0.3, 0.4) is 0 Å². The largest absolute Gasteiger partial charge is 0.347 e. The predicted octanol–water partition coefficient (Wildman–Crippen LogP) is 2.76. The minimum Gasteiger partial charge on any atom is -0.347 e. The molecule has 0 amide bonds. The van der Waals surface area contributed by atoms with Gasteiger partial charge in [0.05, 0.1) is 6.04 Å². The van der Waals surface area contributed by atoms with E-state index < -0.39 is 0 Å². The van der Waals surface area contributed by atoms with Gasteiger partial charge in [0.25, 0.3) is 0 Å². The summed E-state index contributed by atoms with van der Waals surface area (Å²) in [5.41, 5.74) is 2.99. The van der Waals surface area contributed by atoms with Crippen molar-refractivity contribution in [1.82, 2.24) is 10.6 Å². The van der Waals surface area contributed by atoms with Gasteiger partial charge in [0.1, 0.15) is 5.84 Å². The average Bonchev–Trinajstić information content (AvgIpc) is 2.79. The van der Waals surface area contributed by atoms with Crippen molar-refractivity contribution in [2.24, 2.45) is 4.99 Å². The number of aliphatic imine (C=N–C) groups is 1. The number of nitrogens with zero attached hydrogens (tertiary/aromatic N) is 1. The van der Waals surface area contributed by atoms with Crippen LogP contribution >= 0.6 is 0 Å². The molecule has 3 heteroatoms. The molecule has 1 unspecified atom stereocenters. The second kappa shape index (κ2) is 6.74. The van der Waals surface area contributed by atoms with E-state index in [4.69, 9.17) is 4.99 Å². The molecule has 0 saturated carbocycles. The minimum absolute atomic E-state index is 0.447.